The summed E-state index contributed by atoms with van der Waals surface area (Å²) in [5, 5.41) is 11.4. The average Bonchev–Trinajstić information content (AvgIpc) is 3.13. The largest absolute Gasteiger partial charge is 0.335 e. The van der Waals surface area contributed by atoms with E-state index in [0.29, 0.717) is 25.3 Å². The Morgan fingerprint density at radius 1 is 1.15 bits per heavy atom. The number of aromatic amines is 1. The summed E-state index contributed by atoms with van der Waals surface area (Å²) in [6.07, 6.45) is 0. The average molecular weight is 372 g/mol. The van der Waals surface area contributed by atoms with E-state index in [1.54, 1.807) is 12.1 Å². The topological polar surface area (TPSA) is 87.1 Å². The molecule has 0 bridgehead atoms. The van der Waals surface area contributed by atoms with E-state index in [1.165, 1.54) is 4.68 Å². The van der Waals surface area contributed by atoms with E-state index >= 15 is 0 Å². The number of amides is 1. The van der Waals surface area contributed by atoms with Gasteiger partial charge in [0.1, 0.15) is 5.69 Å². The number of piperazine rings is 1. The second kappa shape index (κ2) is 7.64. The van der Waals surface area contributed by atoms with Gasteiger partial charge in [-0.25, -0.2) is 4.68 Å². The van der Waals surface area contributed by atoms with Crippen molar-refractivity contribution in [2.45, 2.75) is 39.7 Å². The van der Waals surface area contributed by atoms with Gasteiger partial charge in [-0.3, -0.25) is 19.6 Å². The standard InChI is InChI=1S/C19H28N6O2/c1-14-5-6-17(26)25(22-14)12-9-23-7-10-24(11-8-23)18(27)15-13-16(21-20-15)19(2,3)4/h5-6,13H,7-12H2,1-4H3,(H,20,21). The van der Waals surface area contributed by atoms with Gasteiger partial charge in [-0.1, -0.05) is 20.8 Å². The summed E-state index contributed by atoms with van der Waals surface area (Å²) in [6, 6.07) is 5.13. The lowest BCUT2D eigenvalue weighted by atomic mass is 9.92. The zero-order chi connectivity index (χ0) is 19.6. The molecule has 1 saturated heterocycles. The predicted molar refractivity (Wildman–Crippen MR) is 103 cm³/mol. The van der Waals surface area contributed by atoms with Gasteiger partial charge >= 0.3 is 0 Å². The minimum Gasteiger partial charge on any atom is -0.335 e. The maximum Gasteiger partial charge on any atom is 0.274 e. The summed E-state index contributed by atoms with van der Waals surface area (Å²) in [7, 11) is 0. The van der Waals surface area contributed by atoms with E-state index in [-0.39, 0.29) is 16.9 Å². The van der Waals surface area contributed by atoms with Gasteiger partial charge in [0.15, 0.2) is 0 Å². The number of carbonyl (C=O) groups excluding carboxylic acids is 1. The zero-order valence-electron chi connectivity index (χ0n) is 16.5. The number of aryl methyl sites for hydroxylation is 1. The van der Waals surface area contributed by atoms with Crippen LogP contribution in [0.4, 0.5) is 0 Å². The number of H-pyrrole nitrogens is 1. The Hall–Kier alpha value is -2.48. The normalized spacial score (nSPS) is 15.9. The van der Waals surface area contributed by atoms with Gasteiger partial charge in [-0.2, -0.15) is 10.2 Å². The molecular weight excluding hydrogens is 344 g/mol. The molecule has 0 atom stereocenters. The molecule has 3 heterocycles. The molecule has 0 unspecified atom stereocenters. The van der Waals surface area contributed by atoms with Crippen molar-refractivity contribution < 1.29 is 4.79 Å². The van der Waals surface area contributed by atoms with Crippen molar-refractivity contribution in [2.75, 3.05) is 32.7 Å². The molecule has 0 aliphatic carbocycles. The quantitative estimate of drug-likeness (QED) is 0.866. The maximum absolute atomic E-state index is 12.7. The lowest BCUT2D eigenvalue weighted by Crippen LogP contribution is -2.49. The van der Waals surface area contributed by atoms with E-state index in [0.717, 1.165) is 31.0 Å². The predicted octanol–water partition coefficient (Wildman–Crippen LogP) is 1.03. The molecule has 3 rings (SSSR count). The van der Waals surface area contributed by atoms with Gasteiger partial charge in [0.25, 0.3) is 11.5 Å². The van der Waals surface area contributed by atoms with Crippen LogP contribution in [0.2, 0.25) is 0 Å². The summed E-state index contributed by atoms with van der Waals surface area (Å²) in [6.45, 7) is 12.3. The first-order valence-electron chi connectivity index (χ1n) is 9.36. The van der Waals surface area contributed by atoms with Crippen molar-refractivity contribution in [2.24, 2.45) is 0 Å². The third-order valence-corrected chi connectivity index (χ3v) is 4.89. The number of aromatic nitrogens is 4. The van der Waals surface area contributed by atoms with Gasteiger partial charge in [-0.15, -0.1) is 0 Å². The SMILES string of the molecule is Cc1ccc(=O)n(CCN2CCN(C(=O)c3cc(C(C)(C)C)[nH]n3)CC2)n1. The number of nitrogens with one attached hydrogen (secondary N) is 1. The molecule has 0 aromatic carbocycles. The molecule has 1 fully saturated rings. The zero-order valence-corrected chi connectivity index (χ0v) is 16.5. The van der Waals surface area contributed by atoms with Crippen LogP contribution in [0.3, 0.4) is 0 Å². The molecule has 146 valence electrons. The highest BCUT2D eigenvalue weighted by molar-refractivity contribution is 5.92. The maximum atomic E-state index is 12.7. The third kappa shape index (κ3) is 4.63. The summed E-state index contributed by atoms with van der Waals surface area (Å²) in [5.41, 5.74) is 2.12. The molecule has 0 radical (unpaired) electrons. The van der Waals surface area contributed by atoms with Gasteiger partial charge in [0.2, 0.25) is 0 Å². The summed E-state index contributed by atoms with van der Waals surface area (Å²) in [4.78, 5) is 28.6. The van der Waals surface area contributed by atoms with Crippen LogP contribution in [-0.4, -0.2) is 68.4 Å². The molecule has 8 nitrogen and oxygen atoms in total. The van der Waals surface area contributed by atoms with Crippen LogP contribution in [-0.2, 0) is 12.0 Å². The molecule has 1 amide bonds. The monoisotopic (exact) mass is 372 g/mol. The van der Waals surface area contributed by atoms with Crippen LogP contribution in [0.5, 0.6) is 0 Å². The fraction of sp³-hybridized carbons (Fsp3) is 0.579. The Labute approximate surface area is 159 Å². The highest BCUT2D eigenvalue weighted by Crippen LogP contribution is 2.21. The van der Waals surface area contributed by atoms with E-state index < -0.39 is 0 Å². The number of hydrogen-bond donors (Lipinski definition) is 1. The van der Waals surface area contributed by atoms with E-state index in [2.05, 4.69) is 41.0 Å². The lowest BCUT2D eigenvalue weighted by molar-refractivity contribution is 0.0625. The minimum absolute atomic E-state index is 0.0297. The highest BCUT2D eigenvalue weighted by atomic mass is 16.2. The van der Waals surface area contributed by atoms with Gasteiger partial charge in [0, 0.05) is 49.9 Å². The van der Waals surface area contributed by atoms with E-state index in [1.807, 2.05) is 17.9 Å². The molecule has 0 spiro atoms. The minimum atomic E-state index is -0.0809. The molecule has 1 aliphatic heterocycles. The number of carbonyl (C=O) groups is 1. The third-order valence-electron chi connectivity index (χ3n) is 4.89. The Balaban J connectivity index is 1.52. The summed E-state index contributed by atoms with van der Waals surface area (Å²) in [5.74, 6) is -0.0297. The fourth-order valence-corrected chi connectivity index (χ4v) is 3.10. The van der Waals surface area contributed by atoms with E-state index in [9.17, 15) is 9.59 Å². The Morgan fingerprint density at radius 2 is 1.85 bits per heavy atom. The Morgan fingerprint density at radius 3 is 2.48 bits per heavy atom. The second-order valence-corrected chi connectivity index (χ2v) is 8.09. The van der Waals surface area contributed by atoms with E-state index in [4.69, 9.17) is 0 Å². The molecule has 8 heteroatoms. The molecule has 1 N–H and O–H groups in total. The Bertz CT molecular complexity index is 856. The fourth-order valence-electron chi connectivity index (χ4n) is 3.10. The van der Waals surface area contributed by atoms with Crippen LogP contribution >= 0.6 is 0 Å². The molecule has 2 aromatic rings. The Kier molecular flexibility index (Phi) is 5.46. The molecule has 2 aromatic heterocycles. The number of nitrogens with zero attached hydrogens (tertiary/aromatic N) is 5. The van der Waals surface area contributed by atoms with Crippen molar-refractivity contribution in [3.05, 3.63) is 45.6 Å². The van der Waals surface area contributed by atoms with Crippen LogP contribution in [0.1, 0.15) is 42.6 Å². The van der Waals surface area contributed by atoms with Gasteiger partial charge in [-0.05, 0) is 19.1 Å². The van der Waals surface area contributed by atoms with Crippen molar-refractivity contribution in [1.29, 1.82) is 0 Å². The van der Waals surface area contributed by atoms with Gasteiger partial charge < -0.3 is 4.90 Å². The number of hydrogen-bond acceptors (Lipinski definition) is 5. The summed E-state index contributed by atoms with van der Waals surface area (Å²) < 4.78 is 1.50. The van der Waals surface area contributed by atoms with Crippen LogP contribution in [0.25, 0.3) is 0 Å². The lowest BCUT2D eigenvalue weighted by Gasteiger charge is -2.34. The van der Waals surface area contributed by atoms with Crippen molar-refractivity contribution >= 4 is 5.91 Å². The van der Waals surface area contributed by atoms with Crippen LogP contribution in [0, 0.1) is 6.92 Å². The first-order valence-corrected chi connectivity index (χ1v) is 9.36. The van der Waals surface area contributed by atoms with Crippen molar-refractivity contribution in [3.8, 4) is 0 Å². The van der Waals surface area contributed by atoms with Gasteiger partial charge in [0.05, 0.1) is 12.2 Å². The highest BCUT2D eigenvalue weighted by Gasteiger charge is 2.25. The van der Waals surface area contributed by atoms with Crippen LogP contribution in [0.15, 0.2) is 23.0 Å². The molecule has 1 aliphatic rings. The van der Waals surface area contributed by atoms with Crippen molar-refractivity contribution in [1.82, 2.24) is 29.8 Å². The summed E-state index contributed by atoms with van der Waals surface area (Å²) >= 11 is 0. The molecule has 27 heavy (non-hydrogen) atoms. The second-order valence-electron chi connectivity index (χ2n) is 8.09. The first kappa shape index (κ1) is 19.3. The van der Waals surface area contributed by atoms with Crippen molar-refractivity contribution in [3.63, 3.8) is 0 Å². The number of rotatable bonds is 4. The molecular formula is C19H28N6O2. The molecule has 0 saturated carbocycles. The first-order chi connectivity index (χ1) is 12.7. The smallest absolute Gasteiger partial charge is 0.274 e. The van der Waals surface area contributed by atoms with Crippen LogP contribution < -0.4 is 5.56 Å².